The van der Waals surface area contributed by atoms with Gasteiger partial charge in [-0.3, -0.25) is 4.99 Å². The molecule has 0 atom stereocenters. The van der Waals surface area contributed by atoms with Gasteiger partial charge in [0, 0.05) is 33.4 Å². The molecule has 0 saturated carbocycles. The van der Waals surface area contributed by atoms with Crippen molar-refractivity contribution in [3.8, 4) is 0 Å². The number of halogens is 1. The third-order valence-electron chi connectivity index (χ3n) is 2.89. The molecule has 0 aliphatic heterocycles. The molecule has 1 aromatic rings. The molecule has 0 fully saturated rings. The van der Waals surface area contributed by atoms with Gasteiger partial charge in [0.1, 0.15) is 0 Å². The number of nitrogens with one attached hydrogen (secondary N) is 2. The predicted molar refractivity (Wildman–Crippen MR) is 95.9 cm³/mol. The standard InChI is InChI=1S/C15H25N3O.HI/c1-4-19-11-7-10-17-15(16-3)18-12-14-9-6-5-8-13(14)2;/h5-6,8-9H,4,7,10-12H2,1-3H3,(H2,16,17,18);1H. The maximum absolute atomic E-state index is 5.29. The van der Waals surface area contributed by atoms with Crippen LogP contribution in [0.3, 0.4) is 0 Å². The van der Waals surface area contributed by atoms with Crippen molar-refractivity contribution in [2.24, 2.45) is 4.99 Å². The molecule has 0 aliphatic carbocycles. The molecule has 0 radical (unpaired) electrons. The number of rotatable bonds is 7. The van der Waals surface area contributed by atoms with E-state index in [1.807, 2.05) is 6.92 Å². The maximum Gasteiger partial charge on any atom is 0.191 e. The van der Waals surface area contributed by atoms with Crippen molar-refractivity contribution in [3.63, 3.8) is 0 Å². The molecule has 0 saturated heterocycles. The van der Waals surface area contributed by atoms with E-state index in [0.717, 1.165) is 38.7 Å². The highest BCUT2D eigenvalue weighted by molar-refractivity contribution is 14.0. The summed E-state index contributed by atoms with van der Waals surface area (Å²) in [4.78, 5) is 4.20. The first-order valence-corrected chi connectivity index (χ1v) is 6.84. The summed E-state index contributed by atoms with van der Waals surface area (Å²) in [5.74, 6) is 0.833. The molecule has 0 heterocycles. The van der Waals surface area contributed by atoms with Gasteiger partial charge in [0.15, 0.2) is 5.96 Å². The number of hydrogen-bond acceptors (Lipinski definition) is 2. The summed E-state index contributed by atoms with van der Waals surface area (Å²) in [5, 5.41) is 6.59. The van der Waals surface area contributed by atoms with Gasteiger partial charge in [0.05, 0.1) is 0 Å². The molecule has 0 spiro atoms. The molecule has 20 heavy (non-hydrogen) atoms. The quantitative estimate of drug-likeness (QED) is 0.325. The van der Waals surface area contributed by atoms with Gasteiger partial charge in [-0.2, -0.15) is 0 Å². The van der Waals surface area contributed by atoms with E-state index in [-0.39, 0.29) is 24.0 Å². The zero-order valence-corrected chi connectivity index (χ0v) is 14.9. The Balaban J connectivity index is 0.00000361. The molecular formula is C15H26IN3O. The predicted octanol–water partition coefficient (Wildman–Crippen LogP) is 2.70. The lowest BCUT2D eigenvalue weighted by molar-refractivity contribution is 0.145. The van der Waals surface area contributed by atoms with Crippen LogP contribution in [0, 0.1) is 6.92 Å². The fourth-order valence-electron chi connectivity index (χ4n) is 1.73. The van der Waals surface area contributed by atoms with Crippen molar-refractivity contribution in [1.29, 1.82) is 0 Å². The Kier molecular flexibility index (Phi) is 11.5. The van der Waals surface area contributed by atoms with Crippen LogP contribution in [0.5, 0.6) is 0 Å². The van der Waals surface area contributed by atoms with E-state index in [4.69, 9.17) is 4.74 Å². The Hall–Kier alpha value is -0.820. The number of nitrogens with zero attached hydrogens (tertiary/aromatic N) is 1. The Bertz CT molecular complexity index is 396. The van der Waals surface area contributed by atoms with Gasteiger partial charge in [-0.05, 0) is 31.4 Å². The van der Waals surface area contributed by atoms with E-state index in [2.05, 4.69) is 46.8 Å². The van der Waals surface area contributed by atoms with E-state index in [1.165, 1.54) is 11.1 Å². The molecule has 114 valence electrons. The third-order valence-corrected chi connectivity index (χ3v) is 2.89. The molecule has 0 aliphatic rings. The minimum atomic E-state index is 0. The van der Waals surface area contributed by atoms with E-state index >= 15 is 0 Å². The zero-order chi connectivity index (χ0) is 13.9. The van der Waals surface area contributed by atoms with Crippen LogP contribution in [0.2, 0.25) is 0 Å². The molecular weight excluding hydrogens is 365 g/mol. The summed E-state index contributed by atoms with van der Waals surface area (Å²) in [6, 6.07) is 8.36. The summed E-state index contributed by atoms with van der Waals surface area (Å²) >= 11 is 0. The second kappa shape index (κ2) is 12.0. The van der Waals surface area contributed by atoms with Crippen LogP contribution in [0.4, 0.5) is 0 Å². The molecule has 2 N–H and O–H groups in total. The number of guanidine groups is 1. The van der Waals surface area contributed by atoms with E-state index in [0.29, 0.717) is 0 Å². The largest absolute Gasteiger partial charge is 0.382 e. The minimum absolute atomic E-state index is 0. The van der Waals surface area contributed by atoms with E-state index < -0.39 is 0 Å². The monoisotopic (exact) mass is 391 g/mol. The lowest BCUT2D eigenvalue weighted by Crippen LogP contribution is -2.37. The van der Waals surface area contributed by atoms with Crippen molar-refractivity contribution in [2.75, 3.05) is 26.8 Å². The molecule has 0 aromatic heterocycles. The maximum atomic E-state index is 5.29. The molecule has 4 nitrogen and oxygen atoms in total. The topological polar surface area (TPSA) is 45.6 Å². The Morgan fingerprint density at radius 1 is 1.25 bits per heavy atom. The van der Waals surface area contributed by atoms with E-state index in [9.17, 15) is 0 Å². The molecule has 0 bridgehead atoms. The highest BCUT2D eigenvalue weighted by atomic mass is 127. The van der Waals surface area contributed by atoms with Crippen LogP contribution in [-0.2, 0) is 11.3 Å². The Morgan fingerprint density at radius 3 is 2.65 bits per heavy atom. The van der Waals surface area contributed by atoms with Crippen molar-refractivity contribution >= 4 is 29.9 Å². The number of hydrogen-bond donors (Lipinski definition) is 2. The van der Waals surface area contributed by atoms with Gasteiger partial charge < -0.3 is 15.4 Å². The molecule has 0 amide bonds. The number of benzene rings is 1. The Labute approximate surface area is 139 Å². The van der Waals surface area contributed by atoms with Crippen LogP contribution in [0.15, 0.2) is 29.3 Å². The fraction of sp³-hybridized carbons (Fsp3) is 0.533. The number of ether oxygens (including phenoxy) is 1. The number of aliphatic imine (C=N–C) groups is 1. The molecule has 5 heteroatoms. The van der Waals surface area contributed by atoms with E-state index in [1.54, 1.807) is 7.05 Å². The van der Waals surface area contributed by atoms with Gasteiger partial charge >= 0.3 is 0 Å². The third kappa shape index (κ3) is 7.69. The van der Waals surface area contributed by atoms with Gasteiger partial charge in [-0.25, -0.2) is 0 Å². The van der Waals surface area contributed by atoms with Gasteiger partial charge in [-0.15, -0.1) is 24.0 Å². The summed E-state index contributed by atoms with van der Waals surface area (Å²) in [7, 11) is 1.79. The first kappa shape index (κ1) is 19.2. The SMILES string of the molecule is CCOCCCNC(=NC)NCc1ccccc1C.I. The minimum Gasteiger partial charge on any atom is -0.382 e. The second-order valence-corrected chi connectivity index (χ2v) is 4.33. The van der Waals surface area contributed by atoms with Crippen LogP contribution < -0.4 is 10.6 Å². The summed E-state index contributed by atoms with van der Waals surface area (Å²) in [6.07, 6.45) is 0.985. The average Bonchev–Trinajstić information content (AvgIpc) is 2.43. The lowest BCUT2D eigenvalue weighted by atomic mass is 10.1. The zero-order valence-electron chi connectivity index (χ0n) is 12.6. The first-order valence-electron chi connectivity index (χ1n) is 6.84. The average molecular weight is 391 g/mol. The number of aryl methyl sites for hydroxylation is 1. The first-order chi connectivity index (χ1) is 9.27. The van der Waals surface area contributed by atoms with Crippen molar-refractivity contribution in [1.82, 2.24) is 10.6 Å². The normalized spacial score (nSPS) is 10.8. The van der Waals surface area contributed by atoms with Crippen LogP contribution in [0.1, 0.15) is 24.5 Å². The second-order valence-electron chi connectivity index (χ2n) is 4.33. The molecule has 1 rings (SSSR count). The lowest BCUT2D eigenvalue weighted by Gasteiger charge is -2.13. The summed E-state index contributed by atoms with van der Waals surface area (Å²) < 4.78 is 5.29. The van der Waals surface area contributed by atoms with Crippen LogP contribution in [-0.4, -0.2) is 32.8 Å². The van der Waals surface area contributed by atoms with Crippen LogP contribution in [0.25, 0.3) is 0 Å². The fourth-order valence-corrected chi connectivity index (χ4v) is 1.73. The summed E-state index contributed by atoms with van der Waals surface area (Å²) in [6.45, 7) is 7.36. The highest BCUT2D eigenvalue weighted by Gasteiger charge is 1.99. The Morgan fingerprint density at radius 2 is 2.00 bits per heavy atom. The van der Waals surface area contributed by atoms with Crippen molar-refractivity contribution in [2.45, 2.75) is 26.8 Å². The summed E-state index contributed by atoms with van der Waals surface area (Å²) in [5.41, 5.74) is 2.58. The molecule has 1 aromatic carbocycles. The van der Waals surface area contributed by atoms with Crippen molar-refractivity contribution < 1.29 is 4.74 Å². The smallest absolute Gasteiger partial charge is 0.191 e. The van der Waals surface area contributed by atoms with Gasteiger partial charge in [0.25, 0.3) is 0 Å². The van der Waals surface area contributed by atoms with Crippen LogP contribution >= 0.6 is 24.0 Å². The van der Waals surface area contributed by atoms with Crippen molar-refractivity contribution in [3.05, 3.63) is 35.4 Å². The highest BCUT2D eigenvalue weighted by Crippen LogP contribution is 2.05. The van der Waals surface area contributed by atoms with Gasteiger partial charge in [0.2, 0.25) is 0 Å². The molecule has 0 unspecified atom stereocenters. The van der Waals surface area contributed by atoms with Gasteiger partial charge in [-0.1, -0.05) is 24.3 Å².